The SMILES string of the molecule is Cc1cc2n(c(=O)c1COC(=O)O)Cc1c-2nc2ccc3ccc(NC(=O)CN)cc3c2c1C. The van der Waals surface area contributed by atoms with E-state index in [1.165, 1.54) is 0 Å². The molecule has 9 nitrogen and oxygen atoms in total. The summed E-state index contributed by atoms with van der Waals surface area (Å²) < 4.78 is 6.28. The number of carbonyl (C=O) groups is 2. The van der Waals surface area contributed by atoms with E-state index in [4.69, 9.17) is 15.8 Å². The van der Waals surface area contributed by atoms with Gasteiger partial charge in [0.2, 0.25) is 5.91 Å². The van der Waals surface area contributed by atoms with Crippen LogP contribution in [0.15, 0.2) is 41.2 Å². The molecule has 2 aromatic heterocycles. The molecule has 0 radical (unpaired) electrons. The Bertz CT molecular complexity index is 1590. The fourth-order valence-corrected chi connectivity index (χ4v) is 4.64. The van der Waals surface area contributed by atoms with Crippen molar-refractivity contribution in [3.63, 3.8) is 0 Å². The number of ether oxygens (including phenoxy) is 1. The van der Waals surface area contributed by atoms with Crippen LogP contribution >= 0.6 is 0 Å². The Morgan fingerprint density at radius 3 is 2.71 bits per heavy atom. The highest BCUT2D eigenvalue weighted by Crippen LogP contribution is 2.38. The number of nitrogens with one attached hydrogen (secondary N) is 1. The van der Waals surface area contributed by atoms with Crippen molar-refractivity contribution in [1.82, 2.24) is 9.55 Å². The van der Waals surface area contributed by atoms with Gasteiger partial charge in [0.05, 0.1) is 35.6 Å². The summed E-state index contributed by atoms with van der Waals surface area (Å²) in [7, 11) is 0. The number of carbonyl (C=O) groups excluding carboxylic acids is 1. The number of fused-ring (bicyclic) bond motifs is 6. The van der Waals surface area contributed by atoms with Crippen molar-refractivity contribution >= 4 is 39.4 Å². The largest absolute Gasteiger partial charge is 0.506 e. The summed E-state index contributed by atoms with van der Waals surface area (Å²) in [6.45, 7) is 3.70. The number of anilines is 1. The van der Waals surface area contributed by atoms with E-state index >= 15 is 0 Å². The minimum Gasteiger partial charge on any atom is -0.450 e. The van der Waals surface area contributed by atoms with Crippen LogP contribution in [0.1, 0.15) is 22.3 Å². The Labute approximate surface area is 193 Å². The van der Waals surface area contributed by atoms with Crippen LogP contribution in [0.5, 0.6) is 0 Å². The molecule has 0 aliphatic carbocycles. The molecule has 4 N–H and O–H groups in total. The molecule has 0 spiro atoms. The molecule has 1 aliphatic heterocycles. The van der Waals surface area contributed by atoms with Gasteiger partial charge in [-0.1, -0.05) is 12.1 Å². The third kappa shape index (κ3) is 3.37. The summed E-state index contributed by atoms with van der Waals surface area (Å²) in [5.74, 6) is -0.275. The molecule has 3 heterocycles. The van der Waals surface area contributed by atoms with Crippen molar-refractivity contribution < 1.29 is 19.4 Å². The van der Waals surface area contributed by atoms with Crippen LogP contribution in [0.25, 0.3) is 33.1 Å². The molecule has 5 rings (SSSR count). The first kappa shape index (κ1) is 21.6. The Hall–Kier alpha value is -4.24. The van der Waals surface area contributed by atoms with E-state index in [2.05, 4.69) is 10.1 Å². The fourth-order valence-electron chi connectivity index (χ4n) is 4.64. The van der Waals surface area contributed by atoms with Gasteiger partial charge in [0.15, 0.2) is 0 Å². The lowest BCUT2D eigenvalue weighted by Gasteiger charge is -2.12. The van der Waals surface area contributed by atoms with E-state index in [9.17, 15) is 14.4 Å². The van der Waals surface area contributed by atoms with Crippen LogP contribution in [0.3, 0.4) is 0 Å². The predicted octanol–water partition coefficient (Wildman–Crippen LogP) is 3.29. The smallest absolute Gasteiger partial charge is 0.450 e. The molecule has 0 atom stereocenters. The first-order chi connectivity index (χ1) is 16.3. The van der Waals surface area contributed by atoms with E-state index in [-0.39, 0.29) is 24.6 Å². The van der Waals surface area contributed by atoms with Gasteiger partial charge < -0.3 is 25.5 Å². The number of nitrogens with two attached hydrogens (primary N) is 1. The topological polar surface area (TPSA) is 137 Å². The van der Waals surface area contributed by atoms with Crippen molar-refractivity contribution in [3.8, 4) is 11.4 Å². The molecular weight excluding hydrogens is 436 g/mol. The zero-order valence-corrected chi connectivity index (χ0v) is 18.6. The Morgan fingerprint density at radius 2 is 1.97 bits per heavy atom. The number of hydrogen-bond donors (Lipinski definition) is 3. The van der Waals surface area contributed by atoms with Gasteiger partial charge in [0.1, 0.15) is 6.61 Å². The normalized spacial score (nSPS) is 12.0. The standard InChI is InChI=1S/C25H22N4O5/c1-12-7-20-23-17(10-29(20)24(31)18(12)11-34-25(32)33)13(2)22-16-8-15(27-21(30)9-26)5-3-14(16)4-6-19(22)28-23/h3-8H,9-11,26H2,1-2H3,(H,27,30)(H,32,33). The predicted molar refractivity (Wildman–Crippen MR) is 128 cm³/mol. The van der Waals surface area contributed by atoms with Gasteiger partial charge in [-0.15, -0.1) is 0 Å². The number of nitrogens with zero attached hydrogens (tertiary/aromatic N) is 2. The number of rotatable bonds is 4. The summed E-state index contributed by atoms with van der Waals surface area (Å²) in [5.41, 5.74) is 10.9. The molecule has 1 aliphatic rings. The summed E-state index contributed by atoms with van der Waals surface area (Å²) in [6, 6.07) is 11.5. The highest BCUT2D eigenvalue weighted by molar-refractivity contribution is 6.10. The number of aryl methyl sites for hydroxylation is 2. The number of amides is 1. The molecule has 0 bridgehead atoms. The third-order valence-electron chi connectivity index (χ3n) is 6.34. The van der Waals surface area contributed by atoms with Crippen LogP contribution in [-0.4, -0.2) is 33.3 Å². The zero-order valence-electron chi connectivity index (χ0n) is 18.6. The number of hydrogen-bond acceptors (Lipinski definition) is 6. The molecule has 9 heteroatoms. The van der Waals surface area contributed by atoms with Gasteiger partial charge in [0, 0.05) is 16.6 Å². The molecule has 4 aromatic rings. The monoisotopic (exact) mass is 458 g/mol. The van der Waals surface area contributed by atoms with Crippen LogP contribution in [0.4, 0.5) is 10.5 Å². The van der Waals surface area contributed by atoms with Crippen molar-refractivity contribution in [2.75, 3.05) is 11.9 Å². The maximum Gasteiger partial charge on any atom is 0.506 e. The lowest BCUT2D eigenvalue weighted by atomic mass is 9.96. The van der Waals surface area contributed by atoms with Crippen molar-refractivity contribution in [2.45, 2.75) is 27.0 Å². The molecule has 1 amide bonds. The fraction of sp³-hybridized carbons (Fsp3) is 0.200. The molecule has 0 fully saturated rings. The maximum absolute atomic E-state index is 13.2. The van der Waals surface area contributed by atoms with E-state index in [1.807, 2.05) is 43.3 Å². The molecule has 0 saturated carbocycles. The van der Waals surface area contributed by atoms with Gasteiger partial charge in [-0.25, -0.2) is 9.78 Å². The van der Waals surface area contributed by atoms with Crippen molar-refractivity contribution in [3.05, 3.63) is 69.0 Å². The summed E-state index contributed by atoms with van der Waals surface area (Å²) >= 11 is 0. The van der Waals surface area contributed by atoms with E-state index in [0.29, 0.717) is 29.1 Å². The van der Waals surface area contributed by atoms with E-state index in [0.717, 1.165) is 38.5 Å². The second kappa shape index (κ2) is 7.96. The average molecular weight is 458 g/mol. The average Bonchev–Trinajstić information content (AvgIpc) is 3.17. The first-order valence-electron chi connectivity index (χ1n) is 10.7. The highest BCUT2D eigenvalue weighted by Gasteiger charge is 2.27. The molecular formula is C25H22N4O5. The second-order valence-electron chi connectivity index (χ2n) is 8.35. The Balaban J connectivity index is 1.69. The molecule has 0 saturated heterocycles. The van der Waals surface area contributed by atoms with Crippen LogP contribution in [-0.2, 0) is 22.7 Å². The molecule has 34 heavy (non-hydrogen) atoms. The van der Waals surface area contributed by atoms with Gasteiger partial charge >= 0.3 is 6.16 Å². The first-order valence-corrected chi connectivity index (χ1v) is 10.7. The Kier molecular flexibility index (Phi) is 5.06. The van der Waals surface area contributed by atoms with Gasteiger partial charge in [0.25, 0.3) is 5.56 Å². The number of carboxylic acid groups (broad SMARTS) is 1. The lowest BCUT2D eigenvalue weighted by Crippen LogP contribution is -2.25. The van der Waals surface area contributed by atoms with Crippen molar-refractivity contribution in [2.24, 2.45) is 5.73 Å². The maximum atomic E-state index is 13.2. The Morgan fingerprint density at radius 1 is 1.21 bits per heavy atom. The van der Waals surface area contributed by atoms with E-state index in [1.54, 1.807) is 11.5 Å². The summed E-state index contributed by atoms with van der Waals surface area (Å²) in [4.78, 5) is 40.7. The number of pyridine rings is 2. The van der Waals surface area contributed by atoms with Gasteiger partial charge in [-0.3, -0.25) is 9.59 Å². The van der Waals surface area contributed by atoms with E-state index < -0.39 is 6.16 Å². The molecule has 172 valence electrons. The molecule has 2 aromatic carbocycles. The number of aromatic nitrogens is 2. The summed E-state index contributed by atoms with van der Waals surface area (Å²) in [6.07, 6.45) is -1.43. The number of benzene rings is 2. The summed E-state index contributed by atoms with van der Waals surface area (Å²) in [5, 5.41) is 14.5. The van der Waals surface area contributed by atoms with Gasteiger partial charge in [-0.05, 0) is 60.0 Å². The van der Waals surface area contributed by atoms with Gasteiger partial charge in [-0.2, -0.15) is 0 Å². The second-order valence-corrected chi connectivity index (χ2v) is 8.35. The minimum absolute atomic E-state index is 0.104. The van der Waals surface area contributed by atoms with Crippen molar-refractivity contribution in [1.29, 1.82) is 0 Å². The van der Waals surface area contributed by atoms with Crippen LogP contribution < -0.4 is 16.6 Å². The highest BCUT2D eigenvalue weighted by atomic mass is 16.7. The molecule has 0 unspecified atom stereocenters. The minimum atomic E-state index is -1.43. The zero-order chi connectivity index (χ0) is 24.1. The van der Waals surface area contributed by atoms with Crippen LogP contribution in [0, 0.1) is 13.8 Å². The third-order valence-corrected chi connectivity index (χ3v) is 6.34. The van der Waals surface area contributed by atoms with Crippen LogP contribution in [0.2, 0.25) is 0 Å². The lowest BCUT2D eigenvalue weighted by molar-refractivity contribution is -0.114. The quantitative estimate of drug-likeness (QED) is 0.278.